The molecule has 0 saturated carbocycles. The molecule has 1 amide bonds. The smallest absolute Gasteiger partial charge is 0.254 e. The Morgan fingerprint density at radius 3 is 2.34 bits per heavy atom. The number of hydrogen-bond acceptors (Lipinski definition) is 3. The highest BCUT2D eigenvalue weighted by Crippen LogP contribution is 2.15. The summed E-state index contributed by atoms with van der Waals surface area (Å²) in [6.45, 7) is 11.4. The van der Waals surface area contributed by atoms with E-state index in [0.717, 1.165) is 36.0 Å². The minimum atomic E-state index is 0. The Bertz CT molecular complexity index is 639. The van der Waals surface area contributed by atoms with E-state index < -0.39 is 0 Å². The van der Waals surface area contributed by atoms with E-state index in [4.69, 9.17) is 4.74 Å². The topological polar surface area (TPSA) is 66.0 Å². The highest BCUT2D eigenvalue weighted by molar-refractivity contribution is 14.0. The lowest BCUT2D eigenvalue weighted by Crippen LogP contribution is -2.48. The first kappa shape index (κ1) is 25.7. The maximum atomic E-state index is 12.7. The number of aliphatic imine (C=N–C) groups is 1. The molecule has 1 aliphatic rings. The van der Waals surface area contributed by atoms with Gasteiger partial charge in [-0.2, -0.15) is 0 Å². The van der Waals surface area contributed by atoms with E-state index in [-0.39, 0.29) is 42.1 Å². The first-order valence-electron chi connectivity index (χ1n) is 10.4. The second-order valence-corrected chi connectivity index (χ2v) is 8.05. The van der Waals surface area contributed by atoms with Crippen LogP contribution < -0.4 is 10.6 Å². The monoisotopic (exact) mass is 516 g/mol. The summed E-state index contributed by atoms with van der Waals surface area (Å²) in [5.74, 6) is 1.60. The van der Waals surface area contributed by atoms with Gasteiger partial charge >= 0.3 is 0 Å². The number of carbonyl (C=O) groups is 1. The molecule has 1 fully saturated rings. The number of rotatable bonds is 7. The zero-order valence-electron chi connectivity index (χ0n) is 18.4. The first-order chi connectivity index (χ1) is 13.4. The summed E-state index contributed by atoms with van der Waals surface area (Å²) in [6, 6.07) is 7.81. The number of amides is 1. The number of nitrogens with zero attached hydrogens (tertiary/aromatic N) is 2. The minimum absolute atomic E-state index is 0. The fourth-order valence-corrected chi connectivity index (χ4v) is 3.41. The molecule has 0 radical (unpaired) electrons. The fourth-order valence-electron chi connectivity index (χ4n) is 3.41. The molecule has 1 aromatic carbocycles. The molecule has 2 rings (SSSR count). The second-order valence-electron chi connectivity index (χ2n) is 8.05. The lowest BCUT2D eigenvalue weighted by Gasteiger charge is -2.35. The van der Waals surface area contributed by atoms with Crippen molar-refractivity contribution < 1.29 is 9.53 Å². The molecule has 0 aromatic heterocycles. The molecule has 0 spiro atoms. The predicted octanol–water partition coefficient (Wildman–Crippen LogP) is 3.66. The van der Waals surface area contributed by atoms with Crippen LogP contribution in [0.4, 0.5) is 0 Å². The maximum Gasteiger partial charge on any atom is 0.254 e. The van der Waals surface area contributed by atoms with E-state index in [0.29, 0.717) is 19.6 Å². The molecule has 1 aromatic rings. The number of carbonyl (C=O) groups excluding carboxylic acids is 1. The van der Waals surface area contributed by atoms with Crippen LogP contribution in [0, 0.1) is 5.92 Å². The molecule has 2 unspecified atom stereocenters. The van der Waals surface area contributed by atoms with Crippen LogP contribution in [-0.4, -0.2) is 55.7 Å². The van der Waals surface area contributed by atoms with Crippen LogP contribution in [-0.2, 0) is 11.3 Å². The van der Waals surface area contributed by atoms with Crippen LogP contribution >= 0.6 is 24.0 Å². The van der Waals surface area contributed by atoms with Crippen LogP contribution in [0.25, 0.3) is 0 Å². The normalized spacial score (nSPS) is 19.7. The molecule has 1 saturated heterocycles. The standard InChI is InChI=1S/C22H36N4O2.HI/c1-16(2)7-6-12-24-22(23-5)25-13-19-8-10-20(11-9-19)21(27)26-14-17(3)28-18(4)15-26;/h8-11,16-18H,6-7,12-15H2,1-5H3,(H2,23,24,25);1H. The highest BCUT2D eigenvalue weighted by Gasteiger charge is 2.26. The van der Waals surface area contributed by atoms with Gasteiger partial charge in [-0.25, -0.2) is 0 Å². The van der Waals surface area contributed by atoms with E-state index in [1.165, 1.54) is 6.42 Å². The molecule has 0 bridgehead atoms. The number of hydrogen-bond donors (Lipinski definition) is 2. The molecule has 2 atom stereocenters. The van der Waals surface area contributed by atoms with Gasteiger partial charge in [0.2, 0.25) is 0 Å². The van der Waals surface area contributed by atoms with Crippen LogP contribution in [0.1, 0.15) is 56.5 Å². The number of guanidine groups is 1. The Labute approximate surface area is 192 Å². The molecule has 0 aliphatic carbocycles. The third-order valence-corrected chi connectivity index (χ3v) is 4.84. The van der Waals surface area contributed by atoms with Crippen molar-refractivity contribution in [3.05, 3.63) is 35.4 Å². The largest absolute Gasteiger partial charge is 0.372 e. The maximum absolute atomic E-state index is 12.7. The molecule has 29 heavy (non-hydrogen) atoms. The predicted molar refractivity (Wildman–Crippen MR) is 130 cm³/mol. The molecular weight excluding hydrogens is 479 g/mol. The summed E-state index contributed by atoms with van der Waals surface area (Å²) in [5.41, 5.74) is 1.84. The van der Waals surface area contributed by atoms with Crippen molar-refractivity contribution in [2.75, 3.05) is 26.7 Å². The summed E-state index contributed by atoms with van der Waals surface area (Å²) in [6.07, 6.45) is 2.50. The van der Waals surface area contributed by atoms with Gasteiger partial charge in [0.05, 0.1) is 12.2 Å². The Morgan fingerprint density at radius 2 is 1.79 bits per heavy atom. The van der Waals surface area contributed by atoms with Crippen molar-refractivity contribution in [3.63, 3.8) is 0 Å². The lowest BCUT2D eigenvalue weighted by molar-refractivity contribution is -0.0586. The Hall–Kier alpha value is -1.35. The Kier molecular flexibility index (Phi) is 11.6. The summed E-state index contributed by atoms with van der Waals surface area (Å²) >= 11 is 0. The second kappa shape index (κ2) is 13.1. The Balaban J connectivity index is 0.00000420. The minimum Gasteiger partial charge on any atom is -0.372 e. The molecule has 7 heteroatoms. The van der Waals surface area contributed by atoms with E-state index >= 15 is 0 Å². The van der Waals surface area contributed by atoms with Gasteiger partial charge in [0.1, 0.15) is 0 Å². The van der Waals surface area contributed by atoms with Crippen molar-refractivity contribution in [2.24, 2.45) is 10.9 Å². The van der Waals surface area contributed by atoms with Crippen molar-refractivity contribution in [3.8, 4) is 0 Å². The van der Waals surface area contributed by atoms with Gasteiger partial charge in [-0.1, -0.05) is 26.0 Å². The van der Waals surface area contributed by atoms with Crippen LogP contribution in [0.15, 0.2) is 29.3 Å². The highest BCUT2D eigenvalue weighted by atomic mass is 127. The van der Waals surface area contributed by atoms with E-state index in [9.17, 15) is 4.79 Å². The van der Waals surface area contributed by atoms with Crippen molar-refractivity contribution in [1.82, 2.24) is 15.5 Å². The number of morpholine rings is 1. The number of nitrogens with one attached hydrogen (secondary N) is 2. The zero-order valence-corrected chi connectivity index (χ0v) is 20.7. The zero-order chi connectivity index (χ0) is 20.5. The summed E-state index contributed by atoms with van der Waals surface area (Å²) in [5, 5.41) is 6.67. The quantitative estimate of drug-likeness (QED) is 0.251. The average molecular weight is 516 g/mol. The van der Waals surface area contributed by atoms with E-state index in [1.807, 2.05) is 43.0 Å². The first-order valence-corrected chi connectivity index (χ1v) is 10.4. The summed E-state index contributed by atoms with van der Waals surface area (Å²) < 4.78 is 5.71. The molecule has 1 heterocycles. The van der Waals surface area contributed by atoms with Gasteiger partial charge in [-0.3, -0.25) is 9.79 Å². The Morgan fingerprint density at radius 1 is 1.17 bits per heavy atom. The van der Waals surface area contributed by atoms with Gasteiger partial charge in [0.25, 0.3) is 5.91 Å². The van der Waals surface area contributed by atoms with E-state index in [2.05, 4.69) is 29.5 Å². The van der Waals surface area contributed by atoms with E-state index in [1.54, 1.807) is 7.05 Å². The summed E-state index contributed by atoms with van der Waals surface area (Å²) in [7, 11) is 1.78. The van der Waals surface area contributed by atoms with Crippen molar-refractivity contribution in [2.45, 2.75) is 59.3 Å². The molecule has 6 nitrogen and oxygen atoms in total. The van der Waals surface area contributed by atoms with Crippen LogP contribution in [0.3, 0.4) is 0 Å². The van der Waals surface area contributed by atoms with Gasteiger partial charge in [0.15, 0.2) is 5.96 Å². The average Bonchev–Trinajstić information content (AvgIpc) is 2.66. The summed E-state index contributed by atoms with van der Waals surface area (Å²) in [4.78, 5) is 18.9. The number of halogens is 1. The third kappa shape index (κ3) is 8.90. The number of ether oxygens (including phenoxy) is 1. The van der Waals surface area contributed by atoms with Gasteiger partial charge in [-0.05, 0) is 50.3 Å². The molecule has 164 valence electrons. The van der Waals surface area contributed by atoms with Gasteiger partial charge in [-0.15, -0.1) is 24.0 Å². The van der Waals surface area contributed by atoms with Crippen LogP contribution in [0.2, 0.25) is 0 Å². The third-order valence-electron chi connectivity index (χ3n) is 4.84. The molecular formula is C22H37IN4O2. The van der Waals surface area contributed by atoms with Crippen LogP contribution in [0.5, 0.6) is 0 Å². The number of benzene rings is 1. The van der Waals surface area contributed by atoms with Gasteiger partial charge < -0.3 is 20.3 Å². The molecule has 1 aliphatic heterocycles. The molecule has 2 N–H and O–H groups in total. The lowest BCUT2D eigenvalue weighted by atomic mass is 10.1. The SMILES string of the molecule is CN=C(NCCCC(C)C)NCc1ccc(C(=O)N2CC(C)OC(C)C2)cc1.I. The fraction of sp³-hybridized carbons (Fsp3) is 0.636. The van der Waals surface area contributed by atoms with Crippen molar-refractivity contribution in [1.29, 1.82) is 0 Å². The van der Waals surface area contributed by atoms with Crippen molar-refractivity contribution >= 4 is 35.8 Å². The van der Waals surface area contributed by atoms with Gasteiger partial charge in [0, 0.05) is 38.8 Å².